The third kappa shape index (κ3) is 4.49. The summed E-state index contributed by atoms with van der Waals surface area (Å²) in [6.07, 6.45) is 6.40. The van der Waals surface area contributed by atoms with Gasteiger partial charge in [-0.15, -0.1) is 0 Å². The normalized spacial score (nSPS) is 32.8. The first-order valence-electron chi connectivity index (χ1n) is 11.0. The van der Waals surface area contributed by atoms with Gasteiger partial charge in [0.25, 0.3) is 12.4 Å². The van der Waals surface area contributed by atoms with Gasteiger partial charge in [-0.05, 0) is 51.4 Å². The van der Waals surface area contributed by atoms with E-state index in [4.69, 9.17) is 19.4 Å². The molecule has 2 N–H and O–H groups in total. The fourth-order valence-corrected chi connectivity index (χ4v) is 5.29. The zero-order valence-electron chi connectivity index (χ0n) is 18.6. The summed E-state index contributed by atoms with van der Waals surface area (Å²) < 4.78 is 11.8. The van der Waals surface area contributed by atoms with Crippen LogP contribution in [0.3, 0.4) is 0 Å². The quantitative estimate of drug-likeness (QED) is 0.604. The number of likely N-dealkylation sites (tertiary alicyclic amines) is 1. The van der Waals surface area contributed by atoms with Crippen molar-refractivity contribution in [2.75, 3.05) is 26.7 Å². The van der Waals surface area contributed by atoms with Crippen molar-refractivity contribution in [1.82, 2.24) is 10.2 Å². The lowest BCUT2D eigenvalue weighted by Crippen LogP contribution is -2.47. The minimum absolute atomic E-state index is 0.0290. The van der Waals surface area contributed by atoms with Crippen molar-refractivity contribution in [1.29, 1.82) is 0 Å². The van der Waals surface area contributed by atoms with E-state index in [0.29, 0.717) is 43.3 Å². The van der Waals surface area contributed by atoms with E-state index in [1.54, 1.807) is 7.11 Å². The van der Waals surface area contributed by atoms with E-state index >= 15 is 0 Å². The van der Waals surface area contributed by atoms with Gasteiger partial charge in [-0.25, -0.2) is 0 Å². The molecule has 3 saturated heterocycles. The van der Waals surface area contributed by atoms with E-state index in [0.717, 1.165) is 19.3 Å². The number of methoxy groups -OCH3 is 1. The highest BCUT2D eigenvalue weighted by Gasteiger charge is 2.64. The number of amides is 2. The van der Waals surface area contributed by atoms with Crippen molar-refractivity contribution in [3.05, 3.63) is 0 Å². The van der Waals surface area contributed by atoms with Crippen LogP contribution in [0.2, 0.25) is 0 Å². The van der Waals surface area contributed by atoms with Crippen LogP contribution in [0.5, 0.6) is 0 Å². The molecule has 0 aromatic heterocycles. The summed E-state index contributed by atoms with van der Waals surface area (Å²) in [5.74, 6) is 0.810. The zero-order valence-corrected chi connectivity index (χ0v) is 18.6. The van der Waals surface area contributed by atoms with E-state index in [9.17, 15) is 9.59 Å². The summed E-state index contributed by atoms with van der Waals surface area (Å²) in [5.41, 5.74) is -0.603. The number of ether oxygens (including phenoxy) is 2. The van der Waals surface area contributed by atoms with Gasteiger partial charge in [0, 0.05) is 38.5 Å². The fourth-order valence-electron chi connectivity index (χ4n) is 5.29. The van der Waals surface area contributed by atoms with Crippen molar-refractivity contribution in [2.45, 2.75) is 76.6 Å². The van der Waals surface area contributed by atoms with Gasteiger partial charge in [-0.2, -0.15) is 0 Å². The molecule has 8 heteroatoms. The minimum atomic E-state index is -0.810. The lowest BCUT2D eigenvalue weighted by molar-refractivity contribution is -0.151. The van der Waals surface area contributed by atoms with Crippen molar-refractivity contribution in [3.63, 3.8) is 0 Å². The second-order valence-electron chi connectivity index (χ2n) is 10.2. The number of nitrogens with one attached hydrogen (secondary N) is 1. The summed E-state index contributed by atoms with van der Waals surface area (Å²) in [7, 11) is 1.58. The van der Waals surface area contributed by atoms with E-state index in [1.807, 2.05) is 18.7 Å². The standard InChI is InChI=1S/C21H34N2O4.CH2O2/c1-19(2,26-4)18(25)23-12-15-14(16-5-8-21(15,13-23)27-16)11-22-17(24)6-7-20(3)9-10-20;2-1-3/h14-16H,5-13H2,1-4H3,(H,22,24);1H,(H,2,3)/t14-,15+,16+,21+;/m0./s1. The lowest BCUT2D eigenvalue weighted by atomic mass is 9.73. The third-order valence-corrected chi connectivity index (χ3v) is 7.69. The molecule has 4 aliphatic rings. The van der Waals surface area contributed by atoms with Crippen molar-refractivity contribution >= 4 is 18.3 Å². The number of hydrogen-bond acceptors (Lipinski definition) is 5. The zero-order chi connectivity index (χ0) is 22.2. The molecule has 4 atom stereocenters. The predicted molar refractivity (Wildman–Crippen MR) is 110 cm³/mol. The number of fused-ring (bicyclic) bond motifs is 1. The largest absolute Gasteiger partial charge is 0.483 e. The van der Waals surface area contributed by atoms with Crippen LogP contribution in [-0.4, -0.2) is 72.3 Å². The molecular formula is C22H36N2O6. The van der Waals surface area contributed by atoms with Crippen LogP contribution in [0.15, 0.2) is 0 Å². The highest BCUT2D eigenvalue weighted by atomic mass is 16.5. The van der Waals surface area contributed by atoms with Crippen molar-refractivity contribution < 1.29 is 29.0 Å². The molecular weight excluding hydrogens is 388 g/mol. The van der Waals surface area contributed by atoms with E-state index in [-0.39, 0.29) is 30.0 Å². The molecule has 0 unspecified atom stereocenters. The molecule has 4 rings (SSSR count). The Balaban J connectivity index is 0.000000806. The molecule has 8 nitrogen and oxygen atoms in total. The van der Waals surface area contributed by atoms with Crippen LogP contribution in [0, 0.1) is 17.3 Å². The molecule has 2 amide bonds. The van der Waals surface area contributed by atoms with E-state index < -0.39 is 5.60 Å². The van der Waals surface area contributed by atoms with E-state index in [2.05, 4.69) is 12.2 Å². The maximum atomic E-state index is 12.8. The number of carbonyl (C=O) groups is 3. The molecule has 3 heterocycles. The van der Waals surface area contributed by atoms with Crippen molar-refractivity contribution in [2.24, 2.45) is 17.3 Å². The smallest absolute Gasteiger partial charge is 0.290 e. The Hall–Kier alpha value is -1.67. The average Bonchev–Trinajstić information content (AvgIpc) is 3.06. The first-order chi connectivity index (χ1) is 14.1. The summed E-state index contributed by atoms with van der Waals surface area (Å²) in [6, 6.07) is 0. The number of rotatable bonds is 7. The third-order valence-electron chi connectivity index (χ3n) is 7.69. The van der Waals surface area contributed by atoms with Gasteiger partial charge in [0.1, 0.15) is 5.60 Å². The van der Waals surface area contributed by atoms with Gasteiger partial charge in [0.05, 0.1) is 18.2 Å². The second-order valence-corrected chi connectivity index (χ2v) is 10.2. The molecule has 1 aliphatic carbocycles. The number of hydrogen-bond donors (Lipinski definition) is 2. The molecule has 0 radical (unpaired) electrons. The van der Waals surface area contributed by atoms with E-state index in [1.165, 1.54) is 12.8 Å². The number of carboxylic acid groups (broad SMARTS) is 1. The molecule has 170 valence electrons. The Morgan fingerprint density at radius 3 is 2.60 bits per heavy atom. The molecule has 1 saturated carbocycles. The molecule has 3 aliphatic heterocycles. The van der Waals surface area contributed by atoms with Crippen molar-refractivity contribution in [3.8, 4) is 0 Å². The lowest BCUT2D eigenvalue weighted by Gasteiger charge is -2.29. The van der Waals surface area contributed by atoms with Gasteiger partial charge in [-0.1, -0.05) is 6.92 Å². The predicted octanol–water partition coefficient (Wildman–Crippen LogP) is 1.81. The maximum Gasteiger partial charge on any atom is 0.290 e. The van der Waals surface area contributed by atoms with Gasteiger partial charge in [0.15, 0.2) is 0 Å². The Labute approximate surface area is 178 Å². The monoisotopic (exact) mass is 424 g/mol. The van der Waals surface area contributed by atoms with Crippen LogP contribution < -0.4 is 5.32 Å². The van der Waals surface area contributed by atoms with Crippen LogP contribution in [0.1, 0.15) is 59.3 Å². The molecule has 0 aromatic rings. The Morgan fingerprint density at radius 1 is 1.33 bits per heavy atom. The highest BCUT2D eigenvalue weighted by molar-refractivity contribution is 5.85. The second kappa shape index (κ2) is 8.46. The fraction of sp³-hybridized carbons (Fsp3) is 0.864. The molecule has 0 aromatic carbocycles. The topological polar surface area (TPSA) is 105 Å². The summed E-state index contributed by atoms with van der Waals surface area (Å²) >= 11 is 0. The van der Waals surface area contributed by atoms with Crippen LogP contribution in [0.25, 0.3) is 0 Å². The maximum absolute atomic E-state index is 12.8. The molecule has 1 spiro atoms. The van der Waals surface area contributed by atoms with Crippen LogP contribution in [0.4, 0.5) is 0 Å². The first kappa shape index (κ1) is 23.0. The van der Waals surface area contributed by atoms with Gasteiger partial charge < -0.3 is 24.8 Å². The Bertz CT molecular complexity index is 677. The van der Waals surface area contributed by atoms with Gasteiger partial charge >= 0.3 is 0 Å². The number of nitrogens with zero attached hydrogens (tertiary/aromatic N) is 1. The van der Waals surface area contributed by atoms with Crippen LogP contribution >= 0.6 is 0 Å². The summed E-state index contributed by atoms with van der Waals surface area (Å²) in [6.45, 7) is 7.68. The number of carbonyl (C=O) groups excluding carboxylic acids is 2. The Morgan fingerprint density at radius 2 is 2.00 bits per heavy atom. The van der Waals surface area contributed by atoms with Crippen LogP contribution in [-0.2, 0) is 23.9 Å². The summed E-state index contributed by atoms with van der Waals surface area (Å²) in [4.78, 5) is 35.4. The van der Waals surface area contributed by atoms with Gasteiger partial charge in [-0.3, -0.25) is 14.4 Å². The highest BCUT2D eigenvalue weighted by Crippen LogP contribution is 2.55. The first-order valence-corrected chi connectivity index (χ1v) is 11.0. The molecule has 4 fully saturated rings. The average molecular weight is 425 g/mol. The minimum Gasteiger partial charge on any atom is -0.483 e. The Kier molecular flexibility index (Phi) is 6.49. The molecule has 2 bridgehead atoms. The van der Waals surface area contributed by atoms with Gasteiger partial charge in [0.2, 0.25) is 5.91 Å². The summed E-state index contributed by atoms with van der Waals surface area (Å²) in [5, 5.41) is 10.0. The SMILES string of the molecule is COC(C)(C)C(=O)N1C[C@@H]2[C@H](CNC(=O)CCC3(C)CC3)[C@H]3CC[C@]2(C1)O3.O=CO. The molecule has 30 heavy (non-hydrogen) atoms.